The first kappa shape index (κ1) is 18.0. The number of phenolic OH excluding ortho intramolecular Hbond substituents is 1. The van der Waals surface area contributed by atoms with Crippen LogP contribution in [0.3, 0.4) is 0 Å². The summed E-state index contributed by atoms with van der Waals surface area (Å²) in [5.74, 6) is -1.24. The summed E-state index contributed by atoms with van der Waals surface area (Å²) in [6.45, 7) is -0.346. The van der Waals surface area contributed by atoms with Gasteiger partial charge in [-0.1, -0.05) is 0 Å². The summed E-state index contributed by atoms with van der Waals surface area (Å²) in [5.41, 5.74) is -0.579. The number of hydrogen-bond donors (Lipinski definition) is 2. The Morgan fingerprint density at radius 1 is 1.46 bits per heavy atom. The molecule has 1 aromatic rings. The molecule has 1 amide bonds. The van der Waals surface area contributed by atoms with E-state index in [4.69, 9.17) is 0 Å². The van der Waals surface area contributed by atoms with Gasteiger partial charge in [0, 0.05) is 25.2 Å². The van der Waals surface area contributed by atoms with Crippen LogP contribution in [0.5, 0.6) is 5.75 Å². The third-order valence-electron chi connectivity index (χ3n) is 3.76. The van der Waals surface area contributed by atoms with E-state index in [9.17, 15) is 33.2 Å². The van der Waals surface area contributed by atoms with Gasteiger partial charge in [0.25, 0.3) is 11.6 Å². The zero-order chi connectivity index (χ0) is 17.9. The van der Waals surface area contributed by atoms with Crippen molar-refractivity contribution in [2.75, 3.05) is 26.2 Å². The Kier molecular flexibility index (Phi) is 5.27. The maximum absolute atomic E-state index is 12.3. The van der Waals surface area contributed by atoms with Crippen molar-refractivity contribution in [3.05, 3.63) is 33.9 Å². The molecule has 0 aromatic heterocycles. The maximum atomic E-state index is 12.3. The van der Waals surface area contributed by atoms with Crippen LogP contribution < -0.4 is 5.32 Å². The fraction of sp³-hybridized carbons (Fsp3) is 0.500. The Labute approximate surface area is 135 Å². The Hall–Kier alpha value is -2.36. The summed E-state index contributed by atoms with van der Waals surface area (Å²) >= 11 is 0. The van der Waals surface area contributed by atoms with Crippen LogP contribution in [0.1, 0.15) is 16.8 Å². The smallest absolute Gasteiger partial charge is 0.401 e. The van der Waals surface area contributed by atoms with E-state index >= 15 is 0 Å². The zero-order valence-corrected chi connectivity index (χ0v) is 12.5. The number of nitro benzene ring substituents is 1. The summed E-state index contributed by atoms with van der Waals surface area (Å²) in [4.78, 5) is 23.3. The number of benzene rings is 1. The van der Waals surface area contributed by atoms with Gasteiger partial charge >= 0.3 is 6.18 Å². The number of carbonyl (C=O) groups excluding carboxylic acids is 1. The highest BCUT2D eigenvalue weighted by atomic mass is 19.4. The quantitative estimate of drug-likeness (QED) is 0.627. The summed E-state index contributed by atoms with van der Waals surface area (Å²) in [7, 11) is 0. The molecule has 0 radical (unpaired) electrons. The summed E-state index contributed by atoms with van der Waals surface area (Å²) < 4.78 is 37.0. The number of nitrogens with zero attached hydrogens (tertiary/aromatic N) is 2. The number of carbonyl (C=O) groups is 1. The van der Waals surface area contributed by atoms with Crippen LogP contribution in [-0.2, 0) is 0 Å². The van der Waals surface area contributed by atoms with Crippen molar-refractivity contribution in [1.82, 2.24) is 10.2 Å². The molecule has 1 saturated heterocycles. The van der Waals surface area contributed by atoms with Crippen LogP contribution in [0, 0.1) is 16.0 Å². The first-order chi connectivity index (χ1) is 11.2. The molecule has 10 heteroatoms. The predicted octanol–water partition coefficient (Wildman–Crippen LogP) is 1.91. The lowest BCUT2D eigenvalue weighted by Gasteiger charge is -2.18. The Bertz CT molecular complexity index is 636. The van der Waals surface area contributed by atoms with E-state index in [1.807, 2.05) is 0 Å². The molecule has 24 heavy (non-hydrogen) atoms. The number of non-ortho nitro benzene ring substituents is 1. The molecule has 1 aliphatic rings. The predicted molar refractivity (Wildman–Crippen MR) is 77.7 cm³/mol. The van der Waals surface area contributed by atoms with Crippen molar-refractivity contribution >= 4 is 11.6 Å². The van der Waals surface area contributed by atoms with Gasteiger partial charge in [0.15, 0.2) is 0 Å². The van der Waals surface area contributed by atoms with Crippen LogP contribution in [0.15, 0.2) is 18.2 Å². The van der Waals surface area contributed by atoms with E-state index in [1.54, 1.807) is 0 Å². The van der Waals surface area contributed by atoms with E-state index in [0.29, 0.717) is 13.0 Å². The highest BCUT2D eigenvalue weighted by Crippen LogP contribution is 2.24. The summed E-state index contributed by atoms with van der Waals surface area (Å²) in [5, 5.41) is 22.8. The minimum Gasteiger partial charge on any atom is -0.507 e. The molecule has 0 bridgehead atoms. The SMILES string of the molecule is O=C(NC[C@H]1CCN(CC(F)(F)F)C1)c1cc([N+](=O)[O-])ccc1O. The van der Waals surface area contributed by atoms with E-state index in [1.165, 1.54) is 4.90 Å². The lowest BCUT2D eigenvalue weighted by atomic mass is 10.1. The van der Waals surface area contributed by atoms with Gasteiger partial charge in [-0.05, 0) is 24.9 Å². The second kappa shape index (κ2) is 7.04. The highest BCUT2D eigenvalue weighted by molar-refractivity contribution is 5.97. The van der Waals surface area contributed by atoms with E-state index in [0.717, 1.165) is 18.2 Å². The van der Waals surface area contributed by atoms with Crippen LogP contribution in [0.25, 0.3) is 0 Å². The topological polar surface area (TPSA) is 95.7 Å². The molecule has 1 aliphatic heterocycles. The molecule has 1 aromatic carbocycles. The van der Waals surface area contributed by atoms with Crippen molar-refractivity contribution in [1.29, 1.82) is 0 Å². The van der Waals surface area contributed by atoms with Crippen LogP contribution >= 0.6 is 0 Å². The van der Waals surface area contributed by atoms with Gasteiger partial charge in [-0.15, -0.1) is 0 Å². The van der Waals surface area contributed by atoms with E-state index in [-0.39, 0.29) is 30.3 Å². The number of amides is 1. The molecular weight excluding hydrogens is 331 g/mol. The minimum atomic E-state index is -4.26. The van der Waals surface area contributed by atoms with Gasteiger partial charge in [-0.2, -0.15) is 13.2 Å². The third kappa shape index (κ3) is 4.82. The Balaban J connectivity index is 1.90. The summed E-state index contributed by atoms with van der Waals surface area (Å²) in [6, 6.07) is 3.07. The number of halogens is 3. The number of aromatic hydroxyl groups is 1. The van der Waals surface area contributed by atoms with Crippen LogP contribution in [-0.4, -0.2) is 53.2 Å². The average Bonchev–Trinajstić information content (AvgIpc) is 2.90. The van der Waals surface area contributed by atoms with Gasteiger partial charge < -0.3 is 10.4 Å². The number of phenols is 1. The number of alkyl halides is 3. The molecule has 2 N–H and O–H groups in total. The lowest BCUT2D eigenvalue weighted by Crippen LogP contribution is -2.34. The van der Waals surface area contributed by atoms with Crippen molar-refractivity contribution in [2.45, 2.75) is 12.6 Å². The average molecular weight is 347 g/mol. The molecular formula is C14H16F3N3O4. The molecule has 0 saturated carbocycles. The maximum Gasteiger partial charge on any atom is 0.401 e. The molecule has 1 heterocycles. The lowest BCUT2D eigenvalue weighted by molar-refractivity contribution is -0.384. The highest BCUT2D eigenvalue weighted by Gasteiger charge is 2.34. The monoisotopic (exact) mass is 347 g/mol. The van der Waals surface area contributed by atoms with E-state index in [2.05, 4.69) is 5.32 Å². The van der Waals surface area contributed by atoms with Gasteiger partial charge in [-0.25, -0.2) is 0 Å². The molecule has 1 atom stereocenters. The van der Waals surface area contributed by atoms with Crippen LogP contribution in [0.4, 0.5) is 18.9 Å². The normalized spacial score (nSPS) is 18.5. The van der Waals surface area contributed by atoms with Crippen molar-refractivity contribution in [2.24, 2.45) is 5.92 Å². The fourth-order valence-corrected chi connectivity index (χ4v) is 2.63. The Morgan fingerprint density at radius 3 is 2.79 bits per heavy atom. The van der Waals surface area contributed by atoms with Crippen molar-refractivity contribution < 1.29 is 28.0 Å². The van der Waals surface area contributed by atoms with Gasteiger partial charge in [0.1, 0.15) is 5.75 Å². The number of rotatable bonds is 5. The van der Waals surface area contributed by atoms with Gasteiger partial charge in [0.05, 0.1) is 17.0 Å². The Morgan fingerprint density at radius 2 is 2.17 bits per heavy atom. The first-order valence-corrected chi connectivity index (χ1v) is 7.20. The van der Waals surface area contributed by atoms with Crippen molar-refractivity contribution in [3.8, 4) is 5.75 Å². The largest absolute Gasteiger partial charge is 0.507 e. The third-order valence-corrected chi connectivity index (χ3v) is 3.76. The first-order valence-electron chi connectivity index (χ1n) is 7.20. The van der Waals surface area contributed by atoms with E-state index < -0.39 is 29.3 Å². The second-order valence-corrected chi connectivity index (χ2v) is 5.67. The molecule has 0 unspecified atom stereocenters. The number of likely N-dealkylation sites (tertiary alicyclic amines) is 1. The fourth-order valence-electron chi connectivity index (χ4n) is 2.63. The second-order valence-electron chi connectivity index (χ2n) is 5.67. The van der Waals surface area contributed by atoms with Gasteiger partial charge in [0.2, 0.25) is 0 Å². The van der Waals surface area contributed by atoms with Crippen molar-refractivity contribution in [3.63, 3.8) is 0 Å². The van der Waals surface area contributed by atoms with Crippen LogP contribution in [0.2, 0.25) is 0 Å². The standard InChI is InChI=1S/C14H16F3N3O4/c15-14(16,17)8-19-4-3-9(7-19)6-18-13(22)11-5-10(20(23)24)1-2-12(11)21/h1-2,5,9,21H,3-4,6-8H2,(H,18,22)/t9-/m1/s1. The molecule has 2 rings (SSSR count). The van der Waals surface area contributed by atoms with Gasteiger partial charge in [-0.3, -0.25) is 19.8 Å². The zero-order valence-electron chi connectivity index (χ0n) is 12.5. The molecule has 0 spiro atoms. The molecule has 132 valence electrons. The molecule has 7 nitrogen and oxygen atoms in total. The number of nitrogens with one attached hydrogen (secondary N) is 1. The minimum absolute atomic E-state index is 0.134. The summed E-state index contributed by atoms with van der Waals surface area (Å²) in [6.07, 6.45) is -3.75. The molecule has 1 fully saturated rings. The molecule has 0 aliphatic carbocycles. The number of hydrogen-bond acceptors (Lipinski definition) is 5. The number of nitro groups is 1.